The number of fused-ring (bicyclic) bond motifs is 1. The van der Waals surface area contributed by atoms with E-state index in [1.54, 1.807) is 6.82 Å². The molecule has 2 atom stereocenters. The van der Waals surface area contributed by atoms with Crippen molar-refractivity contribution in [2.75, 3.05) is 26.7 Å². The molecule has 2 fully saturated rings. The molecular formula is C12H23BN2O3. The van der Waals surface area contributed by atoms with E-state index in [2.05, 4.69) is 10.2 Å². The summed E-state index contributed by atoms with van der Waals surface area (Å²) in [5.41, 5.74) is -0.942. The molecule has 2 aliphatic rings. The van der Waals surface area contributed by atoms with Crippen LogP contribution < -0.4 is 5.32 Å². The molecule has 3 N–H and O–H groups in total. The first-order chi connectivity index (χ1) is 8.42. The minimum Gasteiger partial charge on any atom is -0.480 e. The lowest BCUT2D eigenvalue weighted by Gasteiger charge is -2.36. The summed E-state index contributed by atoms with van der Waals surface area (Å²) in [7, 11) is 1.99. The van der Waals surface area contributed by atoms with Crippen LogP contribution in [0.1, 0.15) is 19.3 Å². The van der Waals surface area contributed by atoms with E-state index < -0.39 is 11.5 Å². The second kappa shape index (κ2) is 4.83. The summed E-state index contributed by atoms with van der Waals surface area (Å²) in [6.45, 7) is 3.70. The molecule has 0 aromatic rings. The van der Waals surface area contributed by atoms with Crippen molar-refractivity contribution in [1.29, 1.82) is 0 Å². The van der Waals surface area contributed by atoms with Gasteiger partial charge in [0.05, 0.1) is 0 Å². The standard InChI is InChI=1S/C12H23BN2O3/c1-13(18)6-3-4-11-5-7-14-12(11,10(16)17)9-15(2)8-11/h14,18H,3-9H2,1-2H3,(H,16,17). The van der Waals surface area contributed by atoms with E-state index in [1.165, 1.54) is 0 Å². The van der Waals surface area contributed by atoms with E-state index in [9.17, 15) is 14.9 Å². The van der Waals surface area contributed by atoms with Gasteiger partial charge in [0.2, 0.25) is 0 Å². The van der Waals surface area contributed by atoms with Crippen molar-refractivity contribution in [3.8, 4) is 0 Å². The minimum atomic E-state index is -0.777. The van der Waals surface area contributed by atoms with Crippen LogP contribution in [-0.4, -0.2) is 60.1 Å². The number of carboxylic acids is 1. The van der Waals surface area contributed by atoms with Gasteiger partial charge in [0.1, 0.15) is 5.54 Å². The number of carboxylic acid groups (broad SMARTS) is 1. The van der Waals surface area contributed by atoms with Crippen LogP contribution in [0.5, 0.6) is 0 Å². The Labute approximate surface area is 109 Å². The van der Waals surface area contributed by atoms with Crippen molar-refractivity contribution in [1.82, 2.24) is 10.2 Å². The molecule has 0 aliphatic carbocycles. The minimum absolute atomic E-state index is 0.164. The lowest BCUT2D eigenvalue weighted by molar-refractivity contribution is -0.147. The molecule has 2 saturated heterocycles. The van der Waals surface area contributed by atoms with Crippen LogP contribution in [0.3, 0.4) is 0 Å². The van der Waals surface area contributed by atoms with E-state index in [4.69, 9.17) is 0 Å². The number of likely N-dealkylation sites (N-methyl/N-ethyl adjacent to an activating group) is 1. The van der Waals surface area contributed by atoms with Crippen molar-refractivity contribution < 1.29 is 14.9 Å². The molecule has 0 radical (unpaired) electrons. The smallest absolute Gasteiger partial charge is 0.325 e. The Morgan fingerprint density at radius 1 is 1.50 bits per heavy atom. The Morgan fingerprint density at radius 2 is 2.22 bits per heavy atom. The summed E-state index contributed by atoms with van der Waals surface area (Å²) < 4.78 is 0. The average molecular weight is 254 g/mol. The third-order valence-corrected chi connectivity index (χ3v) is 4.66. The first-order valence-electron chi connectivity index (χ1n) is 6.77. The Morgan fingerprint density at radius 3 is 2.83 bits per heavy atom. The third-order valence-electron chi connectivity index (χ3n) is 4.66. The van der Waals surface area contributed by atoms with Gasteiger partial charge in [-0.05, 0) is 32.8 Å². The molecule has 0 bridgehead atoms. The summed E-state index contributed by atoms with van der Waals surface area (Å²) in [4.78, 5) is 13.8. The van der Waals surface area contributed by atoms with Crippen molar-refractivity contribution >= 4 is 12.9 Å². The van der Waals surface area contributed by atoms with Crippen molar-refractivity contribution in [3.63, 3.8) is 0 Å². The van der Waals surface area contributed by atoms with Gasteiger partial charge in [0, 0.05) is 18.5 Å². The number of nitrogens with one attached hydrogen (secondary N) is 1. The molecule has 102 valence electrons. The van der Waals surface area contributed by atoms with Gasteiger partial charge in [-0.2, -0.15) is 0 Å². The predicted octanol–water partition coefficient (Wildman–Crippen LogP) is 0.129. The Hall–Kier alpha value is -0.585. The molecule has 0 aromatic carbocycles. The van der Waals surface area contributed by atoms with E-state index in [1.807, 2.05) is 7.05 Å². The maximum absolute atomic E-state index is 11.7. The van der Waals surface area contributed by atoms with Gasteiger partial charge in [0.25, 0.3) is 6.92 Å². The molecule has 0 spiro atoms. The van der Waals surface area contributed by atoms with E-state index >= 15 is 0 Å². The van der Waals surface area contributed by atoms with Gasteiger partial charge in [-0.15, -0.1) is 0 Å². The van der Waals surface area contributed by atoms with Crippen LogP contribution in [0.25, 0.3) is 0 Å². The van der Waals surface area contributed by atoms with Gasteiger partial charge in [-0.3, -0.25) is 4.79 Å². The van der Waals surface area contributed by atoms with Gasteiger partial charge < -0.3 is 20.3 Å². The van der Waals surface area contributed by atoms with Crippen LogP contribution >= 0.6 is 0 Å². The number of likely N-dealkylation sites (tertiary alicyclic amines) is 1. The second-order valence-corrected chi connectivity index (χ2v) is 6.08. The highest BCUT2D eigenvalue weighted by molar-refractivity contribution is 6.48. The van der Waals surface area contributed by atoms with Gasteiger partial charge in [-0.25, -0.2) is 0 Å². The molecule has 0 amide bonds. The maximum atomic E-state index is 11.7. The van der Waals surface area contributed by atoms with E-state index in [0.29, 0.717) is 6.54 Å². The highest BCUT2D eigenvalue weighted by atomic mass is 16.4. The first-order valence-corrected chi connectivity index (χ1v) is 6.77. The molecule has 0 aromatic heterocycles. The zero-order valence-corrected chi connectivity index (χ0v) is 11.3. The Balaban J connectivity index is 2.14. The topological polar surface area (TPSA) is 72.8 Å². The van der Waals surface area contributed by atoms with Crippen LogP contribution in [0.2, 0.25) is 13.1 Å². The predicted molar refractivity (Wildman–Crippen MR) is 70.8 cm³/mol. The van der Waals surface area contributed by atoms with Crippen LogP contribution in [0.4, 0.5) is 0 Å². The molecule has 5 nitrogen and oxygen atoms in total. The molecule has 0 saturated carbocycles. The fraction of sp³-hybridized carbons (Fsp3) is 0.917. The summed E-state index contributed by atoms with van der Waals surface area (Å²) in [6.07, 6.45) is 3.44. The number of hydrogen-bond acceptors (Lipinski definition) is 4. The third kappa shape index (κ3) is 2.06. The highest BCUT2D eigenvalue weighted by Crippen LogP contribution is 2.49. The van der Waals surface area contributed by atoms with Crippen molar-refractivity contribution in [2.24, 2.45) is 5.41 Å². The lowest BCUT2D eigenvalue weighted by atomic mass is 9.63. The number of aliphatic carboxylic acids is 1. The quantitative estimate of drug-likeness (QED) is 0.608. The zero-order valence-electron chi connectivity index (χ0n) is 11.3. The molecule has 2 heterocycles. The SMILES string of the molecule is CB(O)CCCC12CCNC1(C(=O)O)CN(C)C2. The second-order valence-electron chi connectivity index (χ2n) is 6.08. The highest BCUT2D eigenvalue weighted by Gasteiger charge is 2.63. The largest absolute Gasteiger partial charge is 0.480 e. The van der Waals surface area contributed by atoms with E-state index in [-0.39, 0.29) is 12.3 Å². The van der Waals surface area contributed by atoms with Crippen LogP contribution in [-0.2, 0) is 4.79 Å². The molecule has 2 rings (SSSR count). The zero-order chi connectivity index (χ0) is 13.4. The van der Waals surface area contributed by atoms with Gasteiger partial charge in [0.15, 0.2) is 0 Å². The number of rotatable bonds is 5. The summed E-state index contributed by atoms with van der Waals surface area (Å²) in [5, 5.41) is 22.2. The molecule has 2 unspecified atom stereocenters. The lowest BCUT2D eigenvalue weighted by Crippen LogP contribution is -2.58. The first kappa shape index (κ1) is 13.8. The van der Waals surface area contributed by atoms with Gasteiger partial charge >= 0.3 is 5.97 Å². The fourth-order valence-corrected chi connectivity index (χ4v) is 3.85. The summed E-state index contributed by atoms with van der Waals surface area (Å²) >= 11 is 0. The summed E-state index contributed by atoms with van der Waals surface area (Å²) in [5.74, 6) is -0.721. The Bertz CT molecular complexity index is 339. The number of carbonyl (C=O) groups is 1. The molecule has 6 heteroatoms. The van der Waals surface area contributed by atoms with Gasteiger partial charge in [-0.1, -0.05) is 13.2 Å². The molecular weight excluding hydrogens is 231 g/mol. The van der Waals surface area contributed by atoms with Crippen molar-refractivity contribution in [2.45, 2.75) is 37.9 Å². The Kier molecular flexibility index (Phi) is 3.71. The van der Waals surface area contributed by atoms with E-state index in [0.717, 1.165) is 38.7 Å². The monoisotopic (exact) mass is 254 g/mol. The summed E-state index contributed by atoms with van der Waals surface area (Å²) in [6, 6.07) is 0. The fourth-order valence-electron chi connectivity index (χ4n) is 3.85. The van der Waals surface area contributed by atoms with Crippen LogP contribution in [0, 0.1) is 5.41 Å². The maximum Gasteiger partial charge on any atom is 0.325 e. The number of hydrogen-bond donors (Lipinski definition) is 3. The van der Waals surface area contributed by atoms with Crippen LogP contribution in [0.15, 0.2) is 0 Å². The molecule has 18 heavy (non-hydrogen) atoms. The number of nitrogens with zero attached hydrogens (tertiary/aromatic N) is 1. The van der Waals surface area contributed by atoms with Crippen molar-refractivity contribution in [3.05, 3.63) is 0 Å². The normalized spacial score (nSPS) is 35.7. The molecule has 2 aliphatic heterocycles. The average Bonchev–Trinajstić information content (AvgIpc) is 2.69.